The van der Waals surface area contributed by atoms with E-state index in [0.29, 0.717) is 12.2 Å². The van der Waals surface area contributed by atoms with Crippen molar-refractivity contribution in [2.45, 2.75) is 11.4 Å². The summed E-state index contributed by atoms with van der Waals surface area (Å²) in [6, 6.07) is 3.30. The number of aromatic nitrogens is 1. The minimum Gasteiger partial charge on any atom is -0.352 e. The second kappa shape index (κ2) is 4.52. The van der Waals surface area contributed by atoms with E-state index < -0.39 is 10.0 Å². The number of rotatable bonds is 4. The standard InChI is InChI=1S/C10H13N3O2S2/c1-13-6-10(4-9(13)5-11)17(14,15)12-8-2-3-16-7-8/h2-4,6-7,12H,5,11H2,1H3. The van der Waals surface area contributed by atoms with Crippen LogP contribution in [0.2, 0.25) is 0 Å². The molecule has 2 aromatic heterocycles. The molecule has 7 heteroatoms. The van der Waals surface area contributed by atoms with Crippen molar-refractivity contribution in [2.24, 2.45) is 12.8 Å². The lowest BCUT2D eigenvalue weighted by molar-refractivity contribution is 0.601. The van der Waals surface area contributed by atoms with E-state index in [9.17, 15) is 8.42 Å². The molecule has 5 nitrogen and oxygen atoms in total. The Hall–Kier alpha value is -1.31. The zero-order chi connectivity index (χ0) is 12.5. The number of sulfonamides is 1. The zero-order valence-electron chi connectivity index (χ0n) is 9.25. The first-order valence-corrected chi connectivity index (χ1v) is 7.36. The Kier molecular flexibility index (Phi) is 3.23. The number of hydrogen-bond donors (Lipinski definition) is 2. The van der Waals surface area contributed by atoms with E-state index in [1.54, 1.807) is 35.3 Å². The molecule has 0 unspecified atom stereocenters. The number of thiophene rings is 1. The van der Waals surface area contributed by atoms with Crippen LogP contribution in [0.5, 0.6) is 0 Å². The highest BCUT2D eigenvalue weighted by molar-refractivity contribution is 7.92. The number of hydrogen-bond acceptors (Lipinski definition) is 4. The van der Waals surface area contributed by atoms with E-state index in [-0.39, 0.29) is 4.90 Å². The van der Waals surface area contributed by atoms with E-state index in [1.165, 1.54) is 11.3 Å². The van der Waals surface area contributed by atoms with Crippen LogP contribution in [0.3, 0.4) is 0 Å². The second-order valence-corrected chi connectivity index (χ2v) is 6.06. The normalized spacial score (nSPS) is 11.6. The minimum atomic E-state index is -3.51. The van der Waals surface area contributed by atoms with Crippen LogP contribution in [0.1, 0.15) is 5.69 Å². The first-order chi connectivity index (χ1) is 8.03. The lowest BCUT2D eigenvalue weighted by Gasteiger charge is -2.03. The molecule has 0 atom stereocenters. The van der Waals surface area contributed by atoms with E-state index in [1.807, 2.05) is 5.38 Å². The molecule has 0 aliphatic heterocycles. The SMILES string of the molecule is Cn1cc(S(=O)(=O)Nc2ccsc2)cc1CN. The topological polar surface area (TPSA) is 77.1 Å². The fourth-order valence-electron chi connectivity index (χ4n) is 1.46. The summed E-state index contributed by atoms with van der Waals surface area (Å²) in [7, 11) is -1.75. The lowest BCUT2D eigenvalue weighted by atomic mass is 10.4. The van der Waals surface area contributed by atoms with Crippen molar-refractivity contribution in [1.82, 2.24) is 4.57 Å². The van der Waals surface area contributed by atoms with E-state index in [0.717, 1.165) is 5.69 Å². The molecule has 92 valence electrons. The Balaban J connectivity index is 2.31. The van der Waals surface area contributed by atoms with E-state index in [4.69, 9.17) is 5.73 Å². The van der Waals surface area contributed by atoms with Crippen LogP contribution < -0.4 is 10.5 Å². The summed E-state index contributed by atoms with van der Waals surface area (Å²) in [5.41, 5.74) is 6.86. The number of anilines is 1. The molecule has 0 bridgehead atoms. The number of nitrogens with one attached hydrogen (secondary N) is 1. The molecule has 0 aliphatic rings. The predicted octanol–water partition coefficient (Wildman–Crippen LogP) is 1.35. The highest BCUT2D eigenvalue weighted by Crippen LogP contribution is 2.19. The van der Waals surface area contributed by atoms with Gasteiger partial charge in [0.25, 0.3) is 10.0 Å². The van der Waals surface area contributed by atoms with E-state index in [2.05, 4.69) is 4.72 Å². The number of aryl methyl sites for hydroxylation is 1. The molecule has 0 saturated carbocycles. The van der Waals surface area contributed by atoms with Crippen molar-refractivity contribution < 1.29 is 8.42 Å². The van der Waals surface area contributed by atoms with Gasteiger partial charge in [-0.1, -0.05) is 0 Å². The molecule has 0 radical (unpaired) electrons. The molecule has 0 aromatic carbocycles. The summed E-state index contributed by atoms with van der Waals surface area (Å²) in [5, 5.41) is 3.55. The fourth-order valence-corrected chi connectivity index (χ4v) is 3.27. The summed E-state index contributed by atoms with van der Waals surface area (Å²) in [4.78, 5) is 0.228. The third kappa shape index (κ3) is 2.51. The summed E-state index contributed by atoms with van der Waals surface area (Å²) in [6.07, 6.45) is 1.55. The number of nitrogens with zero attached hydrogens (tertiary/aromatic N) is 1. The van der Waals surface area contributed by atoms with Crippen LogP contribution >= 0.6 is 11.3 Å². The first-order valence-electron chi connectivity index (χ1n) is 4.93. The maximum atomic E-state index is 12.0. The van der Waals surface area contributed by atoms with Crippen LogP contribution in [-0.2, 0) is 23.6 Å². The van der Waals surface area contributed by atoms with Gasteiger partial charge in [0.05, 0.1) is 5.69 Å². The number of nitrogens with two attached hydrogens (primary N) is 1. The first kappa shape index (κ1) is 12.2. The van der Waals surface area contributed by atoms with Crippen molar-refractivity contribution >= 4 is 27.0 Å². The Morgan fingerprint density at radius 2 is 2.29 bits per heavy atom. The van der Waals surface area contributed by atoms with Gasteiger partial charge in [-0.25, -0.2) is 8.42 Å². The van der Waals surface area contributed by atoms with Crippen molar-refractivity contribution in [1.29, 1.82) is 0 Å². The van der Waals surface area contributed by atoms with Gasteiger partial charge in [-0.3, -0.25) is 4.72 Å². The van der Waals surface area contributed by atoms with Gasteiger partial charge in [0.1, 0.15) is 4.90 Å². The molecule has 2 rings (SSSR count). The average molecular weight is 271 g/mol. The summed E-state index contributed by atoms with van der Waals surface area (Å²) < 4.78 is 28.3. The third-order valence-corrected chi connectivity index (χ3v) is 4.41. The molecular weight excluding hydrogens is 258 g/mol. The Morgan fingerprint density at radius 3 is 2.82 bits per heavy atom. The van der Waals surface area contributed by atoms with Crippen LogP contribution in [0.4, 0.5) is 5.69 Å². The minimum absolute atomic E-state index is 0.228. The molecule has 0 amide bonds. The summed E-state index contributed by atoms with van der Waals surface area (Å²) in [6.45, 7) is 0.310. The molecule has 3 N–H and O–H groups in total. The fraction of sp³-hybridized carbons (Fsp3) is 0.200. The Labute approximate surface area is 104 Å². The van der Waals surface area contributed by atoms with Gasteiger partial charge in [0.2, 0.25) is 0 Å². The summed E-state index contributed by atoms with van der Waals surface area (Å²) >= 11 is 1.44. The highest BCUT2D eigenvalue weighted by Gasteiger charge is 2.17. The second-order valence-electron chi connectivity index (χ2n) is 3.60. The molecular formula is C10H13N3O2S2. The van der Waals surface area contributed by atoms with Gasteiger partial charge >= 0.3 is 0 Å². The van der Waals surface area contributed by atoms with Gasteiger partial charge in [0, 0.05) is 30.9 Å². The van der Waals surface area contributed by atoms with Gasteiger partial charge < -0.3 is 10.3 Å². The van der Waals surface area contributed by atoms with E-state index >= 15 is 0 Å². The lowest BCUT2D eigenvalue weighted by Crippen LogP contribution is -2.11. The monoisotopic (exact) mass is 271 g/mol. The van der Waals surface area contributed by atoms with Gasteiger partial charge in [0.15, 0.2) is 0 Å². The van der Waals surface area contributed by atoms with Crippen LogP contribution in [-0.4, -0.2) is 13.0 Å². The zero-order valence-corrected chi connectivity index (χ0v) is 10.9. The van der Waals surface area contributed by atoms with Gasteiger partial charge in [-0.15, -0.1) is 0 Å². The molecule has 0 saturated heterocycles. The Bertz CT molecular complexity index is 600. The predicted molar refractivity (Wildman–Crippen MR) is 68.4 cm³/mol. The van der Waals surface area contributed by atoms with Gasteiger partial charge in [-0.05, 0) is 17.5 Å². The van der Waals surface area contributed by atoms with Crippen LogP contribution in [0.15, 0.2) is 34.0 Å². The highest BCUT2D eigenvalue weighted by atomic mass is 32.2. The van der Waals surface area contributed by atoms with Gasteiger partial charge in [-0.2, -0.15) is 11.3 Å². The van der Waals surface area contributed by atoms with Crippen molar-refractivity contribution in [2.75, 3.05) is 4.72 Å². The van der Waals surface area contributed by atoms with Crippen molar-refractivity contribution in [3.63, 3.8) is 0 Å². The van der Waals surface area contributed by atoms with Crippen LogP contribution in [0, 0.1) is 0 Å². The van der Waals surface area contributed by atoms with Crippen molar-refractivity contribution in [3.8, 4) is 0 Å². The maximum Gasteiger partial charge on any atom is 0.263 e. The average Bonchev–Trinajstić information content (AvgIpc) is 2.87. The summed E-state index contributed by atoms with van der Waals surface area (Å²) in [5.74, 6) is 0. The third-order valence-electron chi connectivity index (χ3n) is 2.38. The molecule has 0 spiro atoms. The Morgan fingerprint density at radius 1 is 1.53 bits per heavy atom. The molecule has 0 fully saturated rings. The quantitative estimate of drug-likeness (QED) is 0.881. The van der Waals surface area contributed by atoms with Crippen molar-refractivity contribution in [3.05, 3.63) is 34.8 Å². The largest absolute Gasteiger partial charge is 0.352 e. The molecule has 17 heavy (non-hydrogen) atoms. The molecule has 2 heterocycles. The molecule has 0 aliphatic carbocycles. The maximum absolute atomic E-state index is 12.0. The van der Waals surface area contributed by atoms with Crippen LogP contribution in [0.25, 0.3) is 0 Å². The smallest absolute Gasteiger partial charge is 0.263 e. The molecule has 2 aromatic rings.